The van der Waals surface area contributed by atoms with Crippen molar-refractivity contribution in [1.29, 1.82) is 0 Å². The van der Waals surface area contributed by atoms with Crippen molar-refractivity contribution in [2.45, 2.75) is 52.9 Å². The third-order valence-corrected chi connectivity index (χ3v) is 5.43. The molecule has 2 amide bonds. The van der Waals surface area contributed by atoms with E-state index in [2.05, 4.69) is 24.1 Å². The van der Waals surface area contributed by atoms with Crippen LogP contribution < -0.4 is 10.1 Å². The van der Waals surface area contributed by atoms with Gasteiger partial charge in [-0.1, -0.05) is 13.8 Å². The standard InChI is InChI=1S/C22H31N3O3S/c1-5-14-25(15-6-2)20(27)9-7-8-19(26)23-22-24-21(16(3)29-22)17-10-12-18(28-4)13-11-17/h10-13H,5-9,14-15H2,1-4H3,(H,23,24,26). The molecule has 7 heteroatoms. The molecule has 1 heterocycles. The maximum absolute atomic E-state index is 12.3. The quantitative estimate of drug-likeness (QED) is 0.565. The number of ether oxygens (including phenoxy) is 1. The van der Waals surface area contributed by atoms with Crippen LogP contribution in [0.3, 0.4) is 0 Å². The summed E-state index contributed by atoms with van der Waals surface area (Å²) < 4.78 is 5.19. The molecule has 0 aliphatic carbocycles. The predicted molar refractivity (Wildman–Crippen MR) is 118 cm³/mol. The fraction of sp³-hybridized carbons (Fsp3) is 0.500. The first-order valence-electron chi connectivity index (χ1n) is 10.2. The smallest absolute Gasteiger partial charge is 0.226 e. The lowest BCUT2D eigenvalue weighted by Crippen LogP contribution is -2.32. The molecule has 0 fully saturated rings. The Morgan fingerprint density at radius 1 is 1.10 bits per heavy atom. The van der Waals surface area contributed by atoms with Gasteiger partial charge in [-0.15, -0.1) is 11.3 Å². The Morgan fingerprint density at radius 2 is 1.76 bits per heavy atom. The van der Waals surface area contributed by atoms with Gasteiger partial charge in [0, 0.05) is 36.4 Å². The number of thiazole rings is 1. The molecule has 1 aromatic carbocycles. The van der Waals surface area contributed by atoms with E-state index < -0.39 is 0 Å². The fourth-order valence-electron chi connectivity index (χ4n) is 3.11. The minimum absolute atomic E-state index is 0.106. The van der Waals surface area contributed by atoms with Crippen LogP contribution in [0.4, 0.5) is 5.13 Å². The van der Waals surface area contributed by atoms with Crippen LogP contribution >= 0.6 is 11.3 Å². The van der Waals surface area contributed by atoms with Crippen LogP contribution in [0.1, 0.15) is 50.8 Å². The summed E-state index contributed by atoms with van der Waals surface area (Å²) in [6, 6.07) is 7.69. The second-order valence-corrected chi connectivity index (χ2v) is 8.14. The molecular formula is C22H31N3O3S. The molecule has 2 aromatic rings. The number of methoxy groups -OCH3 is 1. The molecule has 0 bridgehead atoms. The number of rotatable bonds is 11. The van der Waals surface area contributed by atoms with E-state index in [1.165, 1.54) is 11.3 Å². The monoisotopic (exact) mass is 417 g/mol. The number of aromatic nitrogens is 1. The topological polar surface area (TPSA) is 71.5 Å². The summed E-state index contributed by atoms with van der Waals surface area (Å²) in [7, 11) is 1.63. The molecule has 1 N–H and O–H groups in total. The van der Waals surface area contributed by atoms with E-state index in [1.54, 1.807) is 7.11 Å². The van der Waals surface area contributed by atoms with Gasteiger partial charge in [0.1, 0.15) is 5.75 Å². The zero-order chi connectivity index (χ0) is 21.2. The molecule has 0 spiro atoms. The van der Waals surface area contributed by atoms with Gasteiger partial charge in [0.2, 0.25) is 11.8 Å². The highest BCUT2D eigenvalue weighted by atomic mass is 32.1. The Morgan fingerprint density at radius 3 is 2.34 bits per heavy atom. The van der Waals surface area contributed by atoms with Crippen LogP contribution in [-0.4, -0.2) is 41.9 Å². The minimum Gasteiger partial charge on any atom is -0.497 e. The van der Waals surface area contributed by atoms with Crippen LogP contribution in [0.2, 0.25) is 0 Å². The summed E-state index contributed by atoms with van der Waals surface area (Å²) in [5, 5.41) is 3.45. The van der Waals surface area contributed by atoms with E-state index in [4.69, 9.17) is 4.74 Å². The van der Waals surface area contributed by atoms with Crippen molar-refractivity contribution in [2.24, 2.45) is 0 Å². The molecule has 6 nitrogen and oxygen atoms in total. The van der Waals surface area contributed by atoms with Gasteiger partial charge in [-0.05, 0) is 50.5 Å². The Hall–Kier alpha value is -2.41. The summed E-state index contributed by atoms with van der Waals surface area (Å²) in [4.78, 5) is 32.1. The van der Waals surface area contributed by atoms with Gasteiger partial charge in [0.05, 0.1) is 12.8 Å². The fourth-order valence-corrected chi connectivity index (χ4v) is 3.96. The Labute approximate surface area is 177 Å². The van der Waals surface area contributed by atoms with Crippen molar-refractivity contribution in [1.82, 2.24) is 9.88 Å². The molecule has 0 unspecified atom stereocenters. The number of carbonyl (C=O) groups excluding carboxylic acids is 2. The molecule has 2 rings (SSSR count). The molecule has 0 saturated heterocycles. The van der Waals surface area contributed by atoms with Crippen molar-refractivity contribution in [2.75, 3.05) is 25.5 Å². The minimum atomic E-state index is -0.106. The molecule has 1 aromatic heterocycles. The highest BCUT2D eigenvalue weighted by molar-refractivity contribution is 7.16. The molecule has 29 heavy (non-hydrogen) atoms. The molecule has 0 aliphatic heterocycles. The highest BCUT2D eigenvalue weighted by Crippen LogP contribution is 2.31. The molecule has 158 valence electrons. The first-order valence-corrected chi connectivity index (χ1v) is 11.0. The lowest BCUT2D eigenvalue weighted by molar-refractivity contribution is -0.131. The summed E-state index contributed by atoms with van der Waals surface area (Å²) in [5.74, 6) is 0.819. The van der Waals surface area contributed by atoms with Crippen molar-refractivity contribution < 1.29 is 14.3 Å². The Balaban J connectivity index is 1.87. The van der Waals surface area contributed by atoms with Crippen molar-refractivity contribution >= 4 is 28.3 Å². The second kappa shape index (κ2) is 11.6. The van der Waals surface area contributed by atoms with E-state index >= 15 is 0 Å². The van der Waals surface area contributed by atoms with E-state index in [0.29, 0.717) is 24.4 Å². The average Bonchev–Trinajstić information content (AvgIpc) is 3.07. The van der Waals surface area contributed by atoms with E-state index in [1.807, 2.05) is 36.1 Å². The summed E-state index contributed by atoms with van der Waals surface area (Å²) in [5.41, 5.74) is 1.84. The number of benzene rings is 1. The van der Waals surface area contributed by atoms with E-state index in [0.717, 1.165) is 47.8 Å². The molecule has 0 atom stereocenters. The zero-order valence-corrected chi connectivity index (χ0v) is 18.6. The van der Waals surface area contributed by atoms with Crippen LogP contribution in [0.15, 0.2) is 24.3 Å². The van der Waals surface area contributed by atoms with Gasteiger partial charge in [-0.3, -0.25) is 9.59 Å². The van der Waals surface area contributed by atoms with Gasteiger partial charge >= 0.3 is 0 Å². The van der Waals surface area contributed by atoms with Crippen LogP contribution in [0.5, 0.6) is 5.75 Å². The summed E-state index contributed by atoms with van der Waals surface area (Å²) >= 11 is 1.46. The van der Waals surface area contributed by atoms with Gasteiger partial charge in [-0.25, -0.2) is 4.98 Å². The van der Waals surface area contributed by atoms with E-state index in [9.17, 15) is 9.59 Å². The normalized spacial score (nSPS) is 10.6. The third kappa shape index (κ3) is 6.85. The van der Waals surface area contributed by atoms with Gasteiger partial charge in [0.25, 0.3) is 0 Å². The van der Waals surface area contributed by atoms with Gasteiger partial charge in [0.15, 0.2) is 5.13 Å². The first-order chi connectivity index (χ1) is 14.0. The second-order valence-electron chi connectivity index (χ2n) is 6.93. The summed E-state index contributed by atoms with van der Waals surface area (Å²) in [6.07, 6.45) is 3.17. The SMILES string of the molecule is CCCN(CCC)C(=O)CCCC(=O)Nc1nc(-c2ccc(OC)cc2)c(C)s1. The van der Waals surface area contributed by atoms with Crippen molar-refractivity contribution in [3.8, 4) is 17.0 Å². The number of nitrogens with one attached hydrogen (secondary N) is 1. The van der Waals surface area contributed by atoms with Crippen molar-refractivity contribution in [3.63, 3.8) is 0 Å². The number of amides is 2. The molecule has 0 saturated carbocycles. The number of hydrogen-bond donors (Lipinski definition) is 1. The number of aryl methyl sites for hydroxylation is 1. The van der Waals surface area contributed by atoms with Crippen molar-refractivity contribution in [3.05, 3.63) is 29.1 Å². The summed E-state index contributed by atoms with van der Waals surface area (Å²) in [6.45, 7) is 7.69. The average molecular weight is 418 g/mol. The molecule has 0 aliphatic rings. The molecule has 0 radical (unpaired) electrons. The maximum atomic E-state index is 12.3. The third-order valence-electron chi connectivity index (χ3n) is 4.54. The van der Waals surface area contributed by atoms with E-state index in [-0.39, 0.29) is 11.8 Å². The van der Waals surface area contributed by atoms with Gasteiger partial charge in [-0.2, -0.15) is 0 Å². The Kier molecular flexibility index (Phi) is 9.12. The largest absolute Gasteiger partial charge is 0.497 e. The number of nitrogens with zero attached hydrogens (tertiary/aromatic N) is 2. The lowest BCUT2D eigenvalue weighted by atomic mass is 10.1. The lowest BCUT2D eigenvalue weighted by Gasteiger charge is -2.21. The Bertz CT molecular complexity index is 796. The maximum Gasteiger partial charge on any atom is 0.226 e. The predicted octanol–water partition coefficient (Wildman–Crippen LogP) is 4.88. The first kappa shape index (κ1) is 22.9. The van der Waals surface area contributed by atoms with Crippen LogP contribution in [0, 0.1) is 6.92 Å². The number of carbonyl (C=O) groups is 2. The van der Waals surface area contributed by atoms with Gasteiger partial charge < -0.3 is 15.0 Å². The van der Waals surface area contributed by atoms with Crippen LogP contribution in [0.25, 0.3) is 11.3 Å². The number of hydrogen-bond acceptors (Lipinski definition) is 5. The van der Waals surface area contributed by atoms with Crippen LogP contribution in [-0.2, 0) is 9.59 Å². The highest BCUT2D eigenvalue weighted by Gasteiger charge is 2.14. The number of anilines is 1. The zero-order valence-electron chi connectivity index (χ0n) is 17.8. The molecular weight excluding hydrogens is 386 g/mol.